The third-order valence-electron chi connectivity index (χ3n) is 6.53. The highest BCUT2D eigenvalue weighted by Gasteiger charge is 2.39. The minimum Gasteiger partial charge on any atom is -0.291 e. The van der Waals surface area contributed by atoms with Crippen molar-refractivity contribution in [3.8, 4) is 5.69 Å². The zero-order valence-corrected chi connectivity index (χ0v) is 20.3. The topological polar surface area (TPSA) is 30.7 Å². The zero-order chi connectivity index (χ0) is 23.0. The fourth-order valence-electron chi connectivity index (χ4n) is 4.73. The highest BCUT2D eigenvalue weighted by Crippen LogP contribution is 2.46. The lowest BCUT2D eigenvalue weighted by Gasteiger charge is -2.36. The molecule has 0 fully saturated rings. The summed E-state index contributed by atoms with van der Waals surface area (Å²) in [4.78, 5) is 9.23. The quantitative estimate of drug-likeness (QED) is 0.282. The maximum absolute atomic E-state index is 13.8. The number of halogens is 2. The van der Waals surface area contributed by atoms with Crippen molar-refractivity contribution in [1.82, 2.24) is 14.5 Å². The molecule has 0 bridgehead atoms. The number of nitrogens with zero attached hydrogens (tertiary/aromatic N) is 3. The Kier molecular flexibility index (Phi) is 6.02. The van der Waals surface area contributed by atoms with E-state index in [2.05, 4.69) is 28.6 Å². The van der Waals surface area contributed by atoms with Gasteiger partial charge in [0.1, 0.15) is 5.82 Å². The van der Waals surface area contributed by atoms with Gasteiger partial charge in [-0.3, -0.25) is 9.55 Å². The smallest absolute Gasteiger partial charge is 0.173 e. The predicted octanol–water partition coefficient (Wildman–Crippen LogP) is 7.30. The number of benzene rings is 2. The second-order valence-corrected chi connectivity index (χ2v) is 10.1. The van der Waals surface area contributed by atoms with Crippen LogP contribution in [0.1, 0.15) is 47.8 Å². The molecule has 0 spiro atoms. The first-order valence-electron chi connectivity index (χ1n) is 11.1. The molecular weight excluding hydrogens is 453 g/mol. The number of rotatable bonds is 5. The standard InChI is InChI=1S/C27H25ClFN3S/c1-18-16-20(5-10-23(18)28)27(2)13-3-4-24-25(27)32(22-8-6-21(29)7-9-22)26(31-24)33-17-19-11-14-30-15-12-19/h5-12,14-16H,3-4,13,17H2,1-2H3. The maximum Gasteiger partial charge on any atom is 0.173 e. The molecule has 0 saturated heterocycles. The van der Waals surface area contributed by atoms with Crippen LogP contribution in [0.3, 0.4) is 0 Å². The molecule has 5 rings (SSSR count). The fourth-order valence-corrected chi connectivity index (χ4v) is 5.84. The number of aromatic nitrogens is 3. The molecule has 2 aromatic heterocycles. The Bertz CT molecular complexity index is 1290. The van der Waals surface area contributed by atoms with Crippen molar-refractivity contribution < 1.29 is 4.39 Å². The van der Waals surface area contributed by atoms with Gasteiger partial charge in [-0.05, 0) is 92.3 Å². The van der Waals surface area contributed by atoms with Crippen molar-refractivity contribution >= 4 is 23.4 Å². The Morgan fingerprint density at radius 1 is 1.09 bits per heavy atom. The lowest BCUT2D eigenvalue weighted by Crippen LogP contribution is -2.31. The van der Waals surface area contributed by atoms with Gasteiger partial charge in [0.15, 0.2) is 5.16 Å². The second kappa shape index (κ2) is 8.96. The van der Waals surface area contributed by atoms with Crippen LogP contribution in [0.4, 0.5) is 4.39 Å². The third kappa shape index (κ3) is 4.20. The molecule has 0 aliphatic heterocycles. The molecule has 4 aromatic rings. The summed E-state index contributed by atoms with van der Waals surface area (Å²) < 4.78 is 16.0. The Morgan fingerprint density at radius 2 is 1.85 bits per heavy atom. The first-order valence-corrected chi connectivity index (χ1v) is 12.5. The largest absolute Gasteiger partial charge is 0.291 e. The van der Waals surface area contributed by atoms with E-state index < -0.39 is 0 Å². The minimum atomic E-state index is -0.241. The summed E-state index contributed by atoms with van der Waals surface area (Å²) in [5.74, 6) is 0.547. The number of imidazole rings is 1. The van der Waals surface area contributed by atoms with Gasteiger partial charge in [0.2, 0.25) is 0 Å². The van der Waals surface area contributed by atoms with E-state index in [1.807, 2.05) is 49.6 Å². The predicted molar refractivity (Wildman–Crippen MR) is 133 cm³/mol. The Balaban J connectivity index is 1.66. The number of hydrogen-bond donors (Lipinski definition) is 0. The molecular formula is C27H25ClFN3S. The van der Waals surface area contributed by atoms with Crippen molar-refractivity contribution in [2.75, 3.05) is 0 Å². The Labute approximate surface area is 203 Å². The molecule has 1 aliphatic rings. The molecule has 1 unspecified atom stereocenters. The van der Waals surface area contributed by atoms with Gasteiger partial charge in [-0.15, -0.1) is 0 Å². The number of thioether (sulfide) groups is 1. The van der Waals surface area contributed by atoms with E-state index in [4.69, 9.17) is 16.6 Å². The van der Waals surface area contributed by atoms with Crippen LogP contribution >= 0.6 is 23.4 Å². The van der Waals surface area contributed by atoms with E-state index in [-0.39, 0.29) is 11.2 Å². The number of pyridine rings is 1. The van der Waals surface area contributed by atoms with Gasteiger partial charge in [0.25, 0.3) is 0 Å². The summed E-state index contributed by atoms with van der Waals surface area (Å²) >= 11 is 8.05. The van der Waals surface area contributed by atoms with E-state index in [1.165, 1.54) is 29.0 Å². The van der Waals surface area contributed by atoms with Gasteiger partial charge in [-0.25, -0.2) is 9.37 Å². The summed E-state index contributed by atoms with van der Waals surface area (Å²) in [7, 11) is 0. The molecule has 6 heteroatoms. The van der Waals surface area contributed by atoms with Crippen LogP contribution in [-0.2, 0) is 17.6 Å². The van der Waals surface area contributed by atoms with Crippen molar-refractivity contribution in [3.63, 3.8) is 0 Å². The van der Waals surface area contributed by atoms with E-state index >= 15 is 0 Å². The van der Waals surface area contributed by atoms with Crippen molar-refractivity contribution in [3.05, 3.63) is 106 Å². The number of fused-ring (bicyclic) bond motifs is 1. The molecule has 0 radical (unpaired) electrons. The van der Waals surface area contributed by atoms with Gasteiger partial charge in [0.05, 0.1) is 11.4 Å². The first-order chi connectivity index (χ1) is 16.0. The van der Waals surface area contributed by atoms with E-state index in [9.17, 15) is 4.39 Å². The fraction of sp³-hybridized carbons (Fsp3) is 0.259. The van der Waals surface area contributed by atoms with Gasteiger partial charge in [-0.2, -0.15) is 0 Å². The number of hydrogen-bond acceptors (Lipinski definition) is 3. The molecule has 3 nitrogen and oxygen atoms in total. The SMILES string of the molecule is Cc1cc(C2(C)CCCc3nc(SCc4ccncc4)n(-c4ccc(F)cc4)c32)ccc1Cl. The highest BCUT2D eigenvalue weighted by atomic mass is 35.5. The first kappa shape index (κ1) is 22.2. The third-order valence-corrected chi connectivity index (χ3v) is 7.96. The Hall–Kier alpha value is -2.63. The molecule has 168 valence electrons. The summed E-state index contributed by atoms with van der Waals surface area (Å²) in [5, 5.41) is 1.71. The van der Waals surface area contributed by atoms with Crippen molar-refractivity contribution in [2.45, 2.75) is 49.4 Å². The summed E-state index contributed by atoms with van der Waals surface area (Å²) in [6, 6.07) is 17.1. The second-order valence-electron chi connectivity index (χ2n) is 8.80. The van der Waals surface area contributed by atoms with Crippen LogP contribution in [0.25, 0.3) is 5.69 Å². The maximum atomic E-state index is 13.8. The van der Waals surface area contributed by atoms with E-state index in [1.54, 1.807) is 11.8 Å². The van der Waals surface area contributed by atoms with Gasteiger partial charge < -0.3 is 0 Å². The molecule has 33 heavy (non-hydrogen) atoms. The number of aryl methyl sites for hydroxylation is 2. The van der Waals surface area contributed by atoms with Crippen LogP contribution in [0.2, 0.25) is 5.02 Å². The molecule has 1 aliphatic carbocycles. The minimum absolute atomic E-state index is 0.222. The molecule has 2 heterocycles. The highest BCUT2D eigenvalue weighted by molar-refractivity contribution is 7.98. The summed E-state index contributed by atoms with van der Waals surface area (Å²) in [5.41, 5.74) is 6.53. The lowest BCUT2D eigenvalue weighted by molar-refractivity contribution is 0.442. The van der Waals surface area contributed by atoms with Gasteiger partial charge in [-0.1, -0.05) is 35.5 Å². The normalized spacial score (nSPS) is 17.7. The summed E-state index contributed by atoms with van der Waals surface area (Å²) in [6.45, 7) is 4.35. The molecule has 0 amide bonds. The Morgan fingerprint density at radius 3 is 2.58 bits per heavy atom. The molecule has 0 N–H and O–H groups in total. The average Bonchev–Trinajstić information content (AvgIpc) is 3.21. The van der Waals surface area contributed by atoms with Crippen LogP contribution in [0.5, 0.6) is 0 Å². The molecule has 0 saturated carbocycles. The van der Waals surface area contributed by atoms with E-state index in [0.717, 1.165) is 52.1 Å². The van der Waals surface area contributed by atoms with Crippen molar-refractivity contribution in [1.29, 1.82) is 0 Å². The zero-order valence-electron chi connectivity index (χ0n) is 18.7. The monoisotopic (exact) mass is 477 g/mol. The van der Waals surface area contributed by atoms with Crippen LogP contribution < -0.4 is 0 Å². The van der Waals surface area contributed by atoms with Crippen LogP contribution in [0.15, 0.2) is 72.1 Å². The van der Waals surface area contributed by atoms with Crippen molar-refractivity contribution in [2.24, 2.45) is 0 Å². The molecule has 1 atom stereocenters. The molecule has 2 aromatic carbocycles. The summed E-state index contributed by atoms with van der Waals surface area (Å²) in [6.07, 6.45) is 6.65. The van der Waals surface area contributed by atoms with Crippen LogP contribution in [0, 0.1) is 12.7 Å². The van der Waals surface area contributed by atoms with Crippen LogP contribution in [-0.4, -0.2) is 14.5 Å². The van der Waals surface area contributed by atoms with Gasteiger partial charge >= 0.3 is 0 Å². The average molecular weight is 478 g/mol. The van der Waals surface area contributed by atoms with E-state index in [0.29, 0.717) is 0 Å². The van der Waals surface area contributed by atoms with Gasteiger partial charge in [0, 0.05) is 34.3 Å². The lowest BCUT2D eigenvalue weighted by atomic mass is 9.71.